The summed E-state index contributed by atoms with van der Waals surface area (Å²) in [6.45, 7) is -1.14. The van der Waals surface area contributed by atoms with Crippen molar-refractivity contribution in [3.63, 3.8) is 0 Å². The van der Waals surface area contributed by atoms with Crippen molar-refractivity contribution in [2.75, 3.05) is 23.9 Å². The number of hydrogen-bond donors (Lipinski definition) is 3. The van der Waals surface area contributed by atoms with E-state index in [-0.39, 0.29) is 23.7 Å². The number of aliphatic hydroxyl groups is 1. The summed E-state index contributed by atoms with van der Waals surface area (Å²) < 4.78 is 80.9. The number of fused-ring (bicyclic) bond motifs is 1. The molecule has 34 heavy (non-hydrogen) atoms. The van der Waals surface area contributed by atoms with Gasteiger partial charge >= 0.3 is 12.4 Å². The molecule has 4 nitrogen and oxygen atoms in total. The highest BCUT2D eigenvalue weighted by Crippen LogP contribution is 2.42. The monoisotopic (exact) mass is 526 g/mol. The number of amides is 1. The number of hydrogen-bond acceptors (Lipinski definition) is 4. The van der Waals surface area contributed by atoms with E-state index in [1.807, 2.05) is 0 Å². The lowest BCUT2D eigenvalue weighted by Gasteiger charge is -2.32. The predicted molar refractivity (Wildman–Crippen MR) is 119 cm³/mol. The first-order chi connectivity index (χ1) is 15.7. The number of nitrogens with one attached hydrogen (secondary N) is 2. The van der Waals surface area contributed by atoms with Gasteiger partial charge in [-0.2, -0.15) is 38.1 Å². The van der Waals surface area contributed by atoms with Crippen molar-refractivity contribution >= 4 is 35.0 Å². The third-order valence-electron chi connectivity index (χ3n) is 5.55. The summed E-state index contributed by atoms with van der Waals surface area (Å²) in [4.78, 5) is 11.9. The van der Waals surface area contributed by atoms with E-state index < -0.39 is 40.6 Å². The van der Waals surface area contributed by atoms with Crippen LogP contribution >= 0.6 is 23.4 Å². The van der Waals surface area contributed by atoms with Crippen molar-refractivity contribution in [2.24, 2.45) is 0 Å². The molecule has 2 atom stereocenters. The van der Waals surface area contributed by atoms with Crippen molar-refractivity contribution in [3.05, 3.63) is 63.7 Å². The molecule has 12 heteroatoms. The Balaban J connectivity index is 1.84. The molecule has 3 rings (SSSR count). The number of thioether (sulfide) groups is 1. The Morgan fingerprint density at radius 3 is 2.41 bits per heavy atom. The molecule has 2 aromatic carbocycles. The fraction of sp³-hybridized carbons (Fsp3) is 0.409. The number of aryl methyl sites for hydroxylation is 1. The highest BCUT2D eigenvalue weighted by molar-refractivity contribution is 7.99. The van der Waals surface area contributed by atoms with Crippen LogP contribution in [0, 0.1) is 0 Å². The Kier molecular flexibility index (Phi) is 7.69. The Labute approximate surface area is 201 Å². The van der Waals surface area contributed by atoms with E-state index in [1.54, 1.807) is 18.4 Å². The van der Waals surface area contributed by atoms with Crippen LogP contribution in [0.5, 0.6) is 0 Å². The largest absolute Gasteiger partial charge is 0.423 e. The Bertz CT molecular complexity index is 1060. The summed E-state index contributed by atoms with van der Waals surface area (Å²) in [6, 6.07) is 5.96. The molecular weight excluding hydrogens is 506 g/mol. The molecule has 1 amide bonds. The van der Waals surface area contributed by atoms with Gasteiger partial charge in [0.25, 0.3) is 0 Å². The molecule has 2 aromatic rings. The van der Waals surface area contributed by atoms with Crippen LogP contribution in [-0.2, 0) is 23.0 Å². The zero-order chi connectivity index (χ0) is 25.3. The van der Waals surface area contributed by atoms with E-state index in [2.05, 4.69) is 10.6 Å². The van der Waals surface area contributed by atoms with Gasteiger partial charge in [-0.1, -0.05) is 17.7 Å². The number of alkyl halides is 6. The minimum Gasteiger partial charge on any atom is -0.381 e. The van der Waals surface area contributed by atoms with Crippen molar-refractivity contribution in [1.82, 2.24) is 5.32 Å². The Morgan fingerprint density at radius 2 is 1.79 bits per heavy atom. The lowest BCUT2D eigenvalue weighted by Crippen LogP contribution is -2.48. The third kappa shape index (κ3) is 5.75. The van der Waals surface area contributed by atoms with Crippen LogP contribution in [0.25, 0.3) is 0 Å². The van der Waals surface area contributed by atoms with Crippen LogP contribution in [0.1, 0.15) is 34.7 Å². The summed E-state index contributed by atoms with van der Waals surface area (Å²) in [6.07, 6.45) is -7.22. The molecule has 0 unspecified atom stereocenters. The molecule has 0 saturated carbocycles. The van der Waals surface area contributed by atoms with E-state index in [1.165, 1.54) is 17.8 Å². The van der Waals surface area contributed by atoms with Crippen LogP contribution in [-0.4, -0.2) is 35.7 Å². The molecule has 186 valence electrons. The number of halogens is 7. The number of carbonyl (C=O) groups excluding carboxylic acids is 1. The number of rotatable bonds is 7. The first-order valence-electron chi connectivity index (χ1n) is 10.1. The molecule has 0 aromatic heterocycles. The lowest BCUT2D eigenvalue weighted by atomic mass is 9.91. The fourth-order valence-corrected chi connectivity index (χ4v) is 4.41. The average molecular weight is 527 g/mol. The summed E-state index contributed by atoms with van der Waals surface area (Å²) >= 11 is 7.01. The highest BCUT2D eigenvalue weighted by Gasteiger charge is 2.55. The second-order valence-electron chi connectivity index (χ2n) is 7.94. The maximum absolute atomic E-state index is 13.9. The minimum atomic E-state index is -5.29. The third-order valence-corrected chi connectivity index (χ3v) is 6.32. The second kappa shape index (κ2) is 9.87. The first kappa shape index (κ1) is 26.5. The van der Waals surface area contributed by atoms with Crippen LogP contribution in [0.15, 0.2) is 36.4 Å². The van der Waals surface area contributed by atoms with Crippen LogP contribution in [0.3, 0.4) is 0 Å². The molecular formula is C22H21ClF6N2O2S. The zero-order valence-corrected chi connectivity index (χ0v) is 19.4. The van der Waals surface area contributed by atoms with Crippen molar-refractivity contribution in [2.45, 2.75) is 36.8 Å². The molecule has 1 aliphatic carbocycles. The molecule has 0 fully saturated rings. The molecule has 0 radical (unpaired) electrons. The highest BCUT2D eigenvalue weighted by atomic mass is 35.5. The average Bonchev–Trinajstić information content (AvgIpc) is 3.12. The quantitative estimate of drug-likeness (QED) is 0.406. The van der Waals surface area contributed by atoms with Gasteiger partial charge < -0.3 is 15.7 Å². The van der Waals surface area contributed by atoms with Crippen LogP contribution < -0.4 is 10.6 Å². The summed E-state index contributed by atoms with van der Waals surface area (Å²) in [5, 5.41) is 15.3. The van der Waals surface area contributed by atoms with Crippen molar-refractivity contribution in [1.29, 1.82) is 0 Å². The molecule has 0 spiro atoms. The van der Waals surface area contributed by atoms with Crippen LogP contribution in [0.2, 0.25) is 5.02 Å². The maximum atomic E-state index is 13.9. The van der Waals surface area contributed by atoms with Gasteiger partial charge in [-0.15, -0.1) is 0 Å². The summed E-state index contributed by atoms with van der Waals surface area (Å²) in [5.41, 5.74) is -4.15. The van der Waals surface area contributed by atoms with Gasteiger partial charge in [-0.3, -0.25) is 4.79 Å². The van der Waals surface area contributed by atoms with Gasteiger partial charge in [-0.25, -0.2) is 0 Å². The lowest BCUT2D eigenvalue weighted by molar-refractivity contribution is -0.260. The summed E-state index contributed by atoms with van der Waals surface area (Å²) in [5.74, 6) is 0.184. The van der Waals surface area contributed by atoms with E-state index in [0.29, 0.717) is 30.7 Å². The smallest absolute Gasteiger partial charge is 0.381 e. The fourth-order valence-electron chi connectivity index (χ4n) is 3.83. The molecule has 3 N–H and O–H groups in total. The number of carbonyl (C=O) groups is 1. The standard InChI is InChI=1S/C22H21ClF6N2O2S/c1-34-10-19(32)31-18-5-2-12-6-16(3-4-17(12)18)30-11-20(33,22(27,28)29)13-7-14(21(24,25)26)9-15(23)8-13/h3-4,6-9,18,30,33H,2,5,10-11H2,1H3,(H,31,32)/t18-,20-/m1/s1. The van der Waals surface area contributed by atoms with Gasteiger partial charge in [-0.05, 0) is 66.1 Å². The summed E-state index contributed by atoms with van der Waals surface area (Å²) in [7, 11) is 0. The number of anilines is 1. The Morgan fingerprint density at radius 1 is 1.12 bits per heavy atom. The number of benzene rings is 2. The molecule has 0 bridgehead atoms. The molecule has 0 saturated heterocycles. The van der Waals surface area contributed by atoms with E-state index >= 15 is 0 Å². The normalized spacial score (nSPS) is 17.7. The van der Waals surface area contributed by atoms with Gasteiger partial charge in [0.1, 0.15) is 0 Å². The zero-order valence-electron chi connectivity index (χ0n) is 17.8. The van der Waals surface area contributed by atoms with Gasteiger partial charge in [0.15, 0.2) is 0 Å². The van der Waals surface area contributed by atoms with E-state index in [0.717, 1.165) is 11.1 Å². The molecule has 0 heterocycles. The Hall–Kier alpha value is -2.11. The van der Waals surface area contributed by atoms with Crippen molar-refractivity contribution in [3.8, 4) is 0 Å². The molecule has 1 aliphatic rings. The maximum Gasteiger partial charge on any atom is 0.423 e. The first-order valence-corrected chi connectivity index (χ1v) is 11.8. The van der Waals surface area contributed by atoms with Crippen molar-refractivity contribution < 1.29 is 36.2 Å². The minimum absolute atomic E-state index is 0.123. The van der Waals surface area contributed by atoms with Gasteiger partial charge in [0.05, 0.1) is 23.9 Å². The van der Waals surface area contributed by atoms with E-state index in [9.17, 15) is 36.2 Å². The second-order valence-corrected chi connectivity index (χ2v) is 9.25. The van der Waals surface area contributed by atoms with E-state index in [4.69, 9.17) is 11.6 Å². The topological polar surface area (TPSA) is 61.4 Å². The predicted octanol–water partition coefficient (Wildman–Crippen LogP) is 5.69. The SMILES string of the molecule is CSCC(=O)N[C@@H]1CCc2cc(NC[C@@](O)(c3cc(Cl)cc(C(F)(F)F)c3)C(F)(F)F)ccc21. The van der Waals surface area contributed by atoms with Crippen LogP contribution in [0.4, 0.5) is 32.0 Å². The van der Waals surface area contributed by atoms with Gasteiger partial charge in [0.2, 0.25) is 11.5 Å². The van der Waals surface area contributed by atoms with Gasteiger partial charge in [0, 0.05) is 10.7 Å². The molecule has 0 aliphatic heterocycles.